The molecule has 0 spiro atoms. The Morgan fingerprint density at radius 1 is 1.33 bits per heavy atom. The largest absolute Gasteiger partial charge is 0.392 e. The van der Waals surface area contributed by atoms with E-state index < -0.39 is 0 Å². The second-order valence-electron chi connectivity index (χ2n) is 4.32. The van der Waals surface area contributed by atoms with Crippen LogP contribution in [0.3, 0.4) is 0 Å². The fraction of sp³-hybridized carbons (Fsp3) is 0.500. The Balaban J connectivity index is 2.36. The summed E-state index contributed by atoms with van der Waals surface area (Å²) in [5.41, 5.74) is 1.81. The summed E-state index contributed by atoms with van der Waals surface area (Å²) in [6.45, 7) is 5.52. The molecule has 3 N–H and O–H groups in total. The molecule has 0 saturated heterocycles. The van der Waals surface area contributed by atoms with Crippen molar-refractivity contribution in [1.29, 1.82) is 0 Å². The molecule has 0 aliphatic carbocycles. The molecule has 1 rings (SSSR count). The van der Waals surface area contributed by atoms with Gasteiger partial charge in [0, 0.05) is 25.2 Å². The number of aryl methyl sites for hydroxylation is 1. The first-order valence-electron chi connectivity index (χ1n) is 6.40. The molecule has 0 aliphatic rings. The van der Waals surface area contributed by atoms with E-state index in [1.165, 1.54) is 0 Å². The van der Waals surface area contributed by atoms with Crippen molar-refractivity contribution in [2.24, 2.45) is 0 Å². The van der Waals surface area contributed by atoms with Gasteiger partial charge in [0.2, 0.25) is 0 Å². The highest BCUT2D eigenvalue weighted by molar-refractivity contribution is 5.95. The van der Waals surface area contributed by atoms with Crippen LogP contribution in [0.4, 0.5) is 0 Å². The van der Waals surface area contributed by atoms with E-state index in [9.17, 15) is 4.79 Å². The van der Waals surface area contributed by atoms with Gasteiger partial charge in [-0.3, -0.25) is 4.79 Å². The Morgan fingerprint density at radius 3 is 2.72 bits per heavy atom. The summed E-state index contributed by atoms with van der Waals surface area (Å²) in [4.78, 5) is 11.9. The van der Waals surface area contributed by atoms with Gasteiger partial charge >= 0.3 is 0 Å². The third-order valence-electron chi connectivity index (χ3n) is 2.67. The number of nitrogens with one attached hydrogen (secondary N) is 2. The third-order valence-corrected chi connectivity index (χ3v) is 2.67. The molecule has 1 amide bonds. The Morgan fingerprint density at radius 2 is 2.06 bits per heavy atom. The van der Waals surface area contributed by atoms with Gasteiger partial charge in [0.1, 0.15) is 0 Å². The maximum Gasteiger partial charge on any atom is 0.251 e. The second kappa shape index (κ2) is 7.84. The van der Waals surface area contributed by atoms with Gasteiger partial charge in [0.05, 0.1) is 6.10 Å². The molecule has 0 heterocycles. The van der Waals surface area contributed by atoms with E-state index >= 15 is 0 Å². The summed E-state index contributed by atoms with van der Waals surface area (Å²) in [5.74, 6) is -0.0358. The zero-order valence-corrected chi connectivity index (χ0v) is 11.1. The predicted octanol–water partition coefficient (Wildman–Crippen LogP) is 0.949. The molecular weight excluding hydrogens is 228 g/mol. The molecular formula is C14H22N2O2. The average Bonchev–Trinajstić information content (AvgIpc) is 2.37. The lowest BCUT2D eigenvalue weighted by molar-refractivity contribution is 0.0952. The number of rotatable bonds is 7. The monoisotopic (exact) mass is 250 g/mol. The van der Waals surface area contributed by atoms with Gasteiger partial charge in [0.15, 0.2) is 0 Å². The molecule has 0 fully saturated rings. The number of amides is 1. The molecule has 4 heteroatoms. The summed E-state index contributed by atoms with van der Waals surface area (Å²) < 4.78 is 0. The molecule has 18 heavy (non-hydrogen) atoms. The summed E-state index contributed by atoms with van der Waals surface area (Å²) in [6, 6.07) is 7.64. The van der Waals surface area contributed by atoms with E-state index in [-0.39, 0.29) is 12.0 Å². The SMILES string of the molecule is CCc1ccccc1C(=O)NCCNCC(C)O. The van der Waals surface area contributed by atoms with Crippen LogP contribution < -0.4 is 10.6 Å². The average molecular weight is 250 g/mol. The van der Waals surface area contributed by atoms with Crippen LogP contribution in [0.1, 0.15) is 29.8 Å². The van der Waals surface area contributed by atoms with E-state index in [4.69, 9.17) is 5.11 Å². The molecule has 0 saturated carbocycles. The zero-order chi connectivity index (χ0) is 13.4. The topological polar surface area (TPSA) is 61.4 Å². The van der Waals surface area contributed by atoms with Crippen LogP contribution >= 0.6 is 0 Å². The number of carbonyl (C=O) groups excluding carboxylic acids is 1. The number of aliphatic hydroxyl groups is 1. The Labute approximate surface area is 108 Å². The summed E-state index contributed by atoms with van der Waals surface area (Å²) in [5, 5.41) is 15.0. The summed E-state index contributed by atoms with van der Waals surface area (Å²) in [7, 11) is 0. The van der Waals surface area contributed by atoms with Crippen LogP contribution in [0.2, 0.25) is 0 Å². The normalized spacial score (nSPS) is 12.2. The van der Waals surface area contributed by atoms with Crippen molar-refractivity contribution >= 4 is 5.91 Å². The maximum atomic E-state index is 11.9. The predicted molar refractivity (Wildman–Crippen MR) is 72.7 cm³/mol. The minimum absolute atomic E-state index is 0.0358. The lowest BCUT2D eigenvalue weighted by Gasteiger charge is -2.10. The van der Waals surface area contributed by atoms with Crippen molar-refractivity contribution in [3.8, 4) is 0 Å². The smallest absolute Gasteiger partial charge is 0.251 e. The molecule has 1 aromatic rings. The van der Waals surface area contributed by atoms with E-state index in [1.807, 2.05) is 31.2 Å². The number of hydrogen-bond donors (Lipinski definition) is 3. The molecule has 0 bridgehead atoms. The molecule has 1 atom stereocenters. The highest BCUT2D eigenvalue weighted by Gasteiger charge is 2.08. The number of carbonyl (C=O) groups is 1. The fourth-order valence-electron chi connectivity index (χ4n) is 1.72. The van der Waals surface area contributed by atoms with Crippen molar-refractivity contribution in [1.82, 2.24) is 10.6 Å². The molecule has 100 valence electrons. The molecule has 0 aromatic heterocycles. The quantitative estimate of drug-likeness (QED) is 0.631. The fourth-order valence-corrected chi connectivity index (χ4v) is 1.72. The maximum absolute atomic E-state index is 11.9. The third kappa shape index (κ3) is 4.85. The first-order chi connectivity index (χ1) is 8.65. The molecule has 0 radical (unpaired) electrons. The van der Waals surface area contributed by atoms with Gasteiger partial charge in [-0.1, -0.05) is 25.1 Å². The minimum Gasteiger partial charge on any atom is -0.392 e. The van der Waals surface area contributed by atoms with Crippen molar-refractivity contribution in [2.75, 3.05) is 19.6 Å². The second-order valence-corrected chi connectivity index (χ2v) is 4.32. The summed E-state index contributed by atoms with van der Waals surface area (Å²) in [6.07, 6.45) is 0.491. The first-order valence-corrected chi connectivity index (χ1v) is 6.40. The van der Waals surface area contributed by atoms with Crippen LogP contribution in [0.25, 0.3) is 0 Å². The molecule has 1 unspecified atom stereocenters. The molecule has 1 aromatic carbocycles. The Hall–Kier alpha value is -1.39. The first kappa shape index (κ1) is 14.7. The standard InChI is InChI=1S/C14H22N2O2/c1-3-12-6-4-5-7-13(12)14(18)16-9-8-15-10-11(2)17/h4-7,11,15,17H,3,8-10H2,1-2H3,(H,16,18). The minimum atomic E-state index is -0.360. The van der Waals surface area contributed by atoms with Crippen molar-refractivity contribution in [3.63, 3.8) is 0 Å². The van der Waals surface area contributed by atoms with E-state index in [0.29, 0.717) is 19.6 Å². The lowest BCUT2D eigenvalue weighted by atomic mass is 10.0. The van der Waals surface area contributed by atoms with Crippen molar-refractivity contribution in [2.45, 2.75) is 26.4 Å². The van der Waals surface area contributed by atoms with Gasteiger partial charge in [-0.05, 0) is 25.0 Å². The van der Waals surface area contributed by atoms with Crippen molar-refractivity contribution in [3.05, 3.63) is 35.4 Å². The zero-order valence-electron chi connectivity index (χ0n) is 11.1. The van der Waals surface area contributed by atoms with Gasteiger partial charge in [0.25, 0.3) is 5.91 Å². The number of aliphatic hydroxyl groups excluding tert-OH is 1. The Kier molecular flexibility index (Phi) is 6.39. The van der Waals surface area contributed by atoms with Gasteiger partial charge in [-0.15, -0.1) is 0 Å². The van der Waals surface area contributed by atoms with Crippen molar-refractivity contribution < 1.29 is 9.90 Å². The highest BCUT2D eigenvalue weighted by atomic mass is 16.3. The summed E-state index contributed by atoms with van der Waals surface area (Å²) >= 11 is 0. The molecule has 0 aliphatic heterocycles. The van der Waals surface area contributed by atoms with Gasteiger partial charge in [-0.2, -0.15) is 0 Å². The molecule has 4 nitrogen and oxygen atoms in total. The van der Waals surface area contributed by atoms with E-state index in [2.05, 4.69) is 10.6 Å². The van der Waals surface area contributed by atoms with Crippen LogP contribution in [0, 0.1) is 0 Å². The van der Waals surface area contributed by atoms with E-state index in [1.54, 1.807) is 6.92 Å². The number of hydrogen-bond acceptors (Lipinski definition) is 3. The van der Waals surface area contributed by atoms with Gasteiger partial charge < -0.3 is 15.7 Å². The van der Waals surface area contributed by atoms with Crippen LogP contribution in [-0.4, -0.2) is 36.8 Å². The van der Waals surface area contributed by atoms with Crippen LogP contribution in [0.5, 0.6) is 0 Å². The van der Waals surface area contributed by atoms with Crippen LogP contribution in [0.15, 0.2) is 24.3 Å². The van der Waals surface area contributed by atoms with E-state index in [0.717, 1.165) is 17.5 Å². The highest BCUT2D eigenvalue weighted by Crippen LogP contribution is 2.08. The number of benzene rings is 1. The van der Waals surface area contributed by atoms with Crippen LogP contribution in [-0.2, 0) is 6.42 Å². The van der Waals surface area contributed by atoms with Gasteiger partial charge in [-0.25, -0.2) is 0 Å². The Bertz CT molecular complexity index is 378. The lowest BCUT2D eigenvalue weighted by Crippen LogP contribution is -2.34.